The number of nitriles is 1. The van der Waals surface area contributed by atoms with Crippen molar-refractivity contribution in [1.82, 2.24) is 5.32 Å². The summed E-state index contributed by atoms with van der Waals surface area (Å²) in [5, 5.41) is 11.8. The molecule has 0 saturated heterocycles. The molecule has 1 N–H and O–H groups in total. The molecule has 1 amide bonds. The Balaban J connectivity index is 2.23. The number of nitrogens with one attached hydrogen (secondary N) is 1. The molecule has 0 bridgehead atoms. The maximum Gasteiger partial charge on any atom is 0.252 e. The molecule has 0 fully saturated rings. The van der Waals surface area contributed by atoms with Crippen LogP contribution < -0.4 is 14.8 Å². The summed E-state index contributed by atoms with van der Waals surface area (Å²) in [4.78, 5) is 12.3. The molecule has 0 aliphatic carbocycles. The van der Waals surface area contributed by atoms with Crippen LogP contribution in [0.5, 0.6) is 11.5 Å². The number of nitrogens with zero attached hydrogens (tertiary/aromatic N) is 1. The van der Waals surface area contributed by atoms with E-state index < -0.39 is 17.8 Å². The fourth-order valence-corrected chi connectivity index (χ4v) is 2.00. The molecule has 2 aromatic rings. The number of rotatable bonds is 5. The lowest BCUT2D eigenvalue weighted by Gasteiger charge is -2.13. The minimum absolute atomic E-state index is 0.295. The zero-order valence-corrected chi connectivity index (χ0v) is 12.7. The molecule has 0 aliphatic rings. The number of halogens is 1. The van der Waals surface area contributed by atoms with Crippen molar-refractivity contribution < 1.29 is 18.7 Å². The van der Waals surface area contributed by atoms with E-state index in [0.717, 1.165) is 0 Å². The third kappa shape index (κ3) is 3.98. The van der Waals surface area contributed by atoms with Crippen molar-refractivity contribution in [2.24, 2.45) is 0 Å². The van der Waals surface area contributed by atoms with E-state index in [-0.39, 0.29) is 0 Å². The fraction of sp³-hybridized carbons (Fsp3) is 0.176. The molecule has 0 aliphatic heterocycles. The summed E-state index contributed by atoms with van der Waals surface area (Å²) in [6.07, 6.45) is 0. The molecule has 0 unspecified atom stereocenters. The van der Waals surface area contributed by atoms with Gasteiger partial charge in [-0.2, -0.15) is 5.26 Å². The van der Waals surface area contributed by atoms with Gasteiger partial charge in [0, 0.05) is 11.6 Å². The van der Waals surface area contributed by atoms with E-state index in [2.05, 4.69) is 5.32 Å². The SMILES string of the molecule is COc1cc(OC)cc(C(=O)N[C@H](C#N)c2ccc(F)cc2)c1. The molecule has 1 atom stereocenters. The first-order valence-electron chi connectivity index (χ1n) is 6.76. The van der Waals surface area contributed by atoms with E-state index in [1.165, 1.54) is 50.6 Å². The lowest BCUT2D eigenvalue weighted by molar-refractivity contribution is 0.0944. The van der Waals surface area contributed by atoms with Gasteiger partial charge >= 0.3 is 0 Å². The summed E-state index contributed by atoms with van der Waals surface area (Å²) < 4.78 is 23.2. The van der Waals surface area contributed by atoms with Crippen molar-refractivity contribution in [2.45, 2.75) is 6.04 Å². The number of amides is 1. The van der Waals surface area contributed by atoms with Crippen LogP contribution in [0.15, 0.2) is 42.5 Å². The number of carbonyl (C=O) groups excluding carboxylic acids is 1. The Morgan fingerprint density at radius 2 is 1.70 bits per heavy atom. The number of ether oxygens (including phenoxy) is 2. The van der Waals surface area contributed by atoms with Gasteiger partial charge in [-0.1, -0.05) is 12.1 Å². The van der Waals surface area contributed by atoms with E-state index in [0.29, 0.717) is 22.6 Å². The van der Waals surface area contributed by atoms with Gasteiger partial charge in [-0.25, -0.2) is 4.39 Å². The first-order chi connectivity index (χ1) is 11.1. The molecule has 0 heterocycles. The predicted octanol–water partition coefficient (Wildman–Crippen LogP) is 2.84. The summed E-state index contributed by atoms with van der Waals surface area (Å²) >= 11 is 0. The first-order valence-corrected chi connectivity index (χ1v) is 6.76. The van der Waals surface area contributed by atoms with Crippen LogP contribution in [0.1, 0.15) is 22.0 Å². The molecule has 2 rings (SSSR count). The second-order valence-electron chi connectivity index (χ2n) is 4.69. The molecule has 6 heteroatoms. The maximum atomic E-state index is 13.0. The minimum atomic E-state index is -0.889. The van der Waals surface area contributed by atoms with Crippen molar-refractivity contribution in [3.05, 3.63) is 59.4 Å². The Labute approximate surface area is 133 Å². The summed E-state index contributed by atoms with van der Waals surface area (Å²) in [5.74, 6) is 0.0574. The van der Waals surface area contributed by atoms with Gasteiger partial charge in [-0.3, -0.25) is 4.79 Å². The van der Waals surface area contributed by atoms with Gasteiger partial charge in [0.15, 0.2) is 0 Å². The van der Waals surface area contributed by atoms with E-state index in [1.54, 1.807) is 6.07 Å². The van der Waals surface area contributed by atoms with Crippen molar-refractivity contribution in [3.8, 4) is 17.6 Å². The monoisotopic (exact) mass is 314 g/mol. The maximum absolute atomic E-state index is 13.0. The summed E-state index contributed by atoms with van der Waals surface area (Å²) in [6.45, 7) is 0. The summed E-state index contributed by atoms with van der Waals surface area (Å²) in [6, 6.07) is 11.2. The van der Waals surface area contributed by atoms with Crippen LogP contribution in [0, 0.1) is 17.1 Å². The topological polar surface area (TPSA) is 71.3 Å². The van der Waals surface area contributed by atoms with Gasteiger partial charge in [-0.05, 0) is 29.8 Å². The van der Waals surface area contributed by atoms with Gasteiger partial charge in [-0.15, -0.1) is 0 Å². The van der Waals surface area contributed by atoms with E-state index >= 15 is 0 Å². The van der Waals surface area contributed by atoms with Crippen molar-refractivity contribution >= 4 is 5.91 Å². The predicted molar refractivity (Wildman–Crippen MR) is 81.8 cm³/mol. The standard InChI is InChI=1S/C17H15FN2O3/c1-22-14-7-12(8-15(9-14)23-2)17(21)20-16(10-19)11-3-5-13(18)6-4-11/h3-9,16H,1-2H3,(H,20,21)/t16-/m1/s1. The highest BCUT2D eigenvalue weighted by Crippen LogP contribution is 2.23. The molecule has 118 valence electrons. The molecule has 5 nitrogen and oxygen atoms in total. The zero-order valence-electron chi connectivity index (χ0n) is 12.7. The molecule has 0 radical (unpaired) electrons. The highest BCUT2D eigenvalue weighted by Gasteiger charge is 2.16. The summed E-state index contributed by atoms with van der Waals surface area (Å²) in [7, 11) is 2.96. The van der Waals surface area contributed by atoms with Crippen LogP contribution in [0.2, 0.25) is 0 Å². The van der Waals surface area contributed by atoms with Crippen molar-refractivity contribution in [2.75, 3.05) is 14.2 Å². The molecular formula is C17H15FN2O3. The lowest BCUT2D eigenvalue weighted by atomic mass is 10.1. The normalized spacial score (nSPS) is 11.2. The quantitative estimate of drug-likeness (QED) is 0.921. The van der Waals surface area contributed by atoms with Crippen molar-refractivity contribution in [1.29, 1.82) is 5.26 Å². The number of benzene rings is 2. The largest absolute Gasteiger partial charge is 0.497 e. The second-order valence-corrected chi connectivity index (χ2v) is 4.69. The van der Waals surface area contributed by atoms with Gasteiger partial charge in [0.2, 0.25) is 0 Å². The number of carbonyl (C=O) groups is 1. The van der Waals surface area contributed by atoms with Crippen molar-refractivity contribution in [3.63, 3.8) is 0 Å². The van der Waals surface area contributed by atoms with Gasteiger partial charge in [0.25, 0.3) is 5.91 Å². The Kier molecular flexibility index (Phi) is 5.15. The van der Waals surface area contributed by atoms with Crippen LogP contribution in [0.25, 0.3) is 0 Å². The highest BCUT2D eigenvalue weighted by molar-refractivity contribution is 5.95. The smallest absolute Gasteiger partial charge is 0.252 e. The lowest BCUT2D eigenvalue weighted by Crippen LogP contribution is -2.27. The van der Waals surface area contributed by atoms with E-state index in [4.69, 9.17) is 9.47 Å². The molecule has 0 spiro atoms. The number of hydrogen-bond acceptors (Lipinski definition) is 4. The highest BCUT2D eigenvalue weighted by atomic mass is 19.1. The second kappa shape index (κ2) is 7.27. The first kappa shape index (κ1) is 16.3. The van der Waals surface area contributed by atoms with Crippen LogP contribution in [-0.4, -0.2) is 20.1 Å². The Bertz CT molecular complexity index is 716. The van der Waals surface area contributed by atoms with Gasteiger partial charge in [0.1, 0.15) is 23.4 Å². The van der Waals surface area contributed by atoms with Crippen LogP contribution in [0.4, 0.5) is 4.39 Å². The minimum Gasteiger partial charge on any atom is -0.497 e. The molecular weight excluding hydrogens is 299 g/mol. The Morgan fingerprint density at radius 3 is 2.17 bits per heavy atom. The average Bonchev–Trinajstić information content (AvgIpc) is 2.59. The Hall–Kier alpha value is -3.07. The van der Waals surface area contributed by atoms with Crippen LogP contribution in [0.3, 0.4) is 0 Å². The molecule has 0 saturated carbocycles. The number of hydrogen-bond donors (Lipinski definition) is 1. The van der Waals surface area contributed by atoms with Gasteiger partial charge in [0.05, 0.1) is 20.3 Å². The van der Waals surface area contributed by atoms with Crippen LogP contribution >= 0.6 is 0 Å². The average molecular weight is 314 g/mol. The Morgan fingerprint density at radius 1 is 1.13 bits per heavy atom. The van der Waals surface area contributed by atoms with E-state index in [1.807, 2.05) is 6.07 Å². The van der Waals surface area contributed by atoms with Gasteiger partial charge < -0.3 is 14.8 Å². The summed E-state index contributed by atoms with van der Waals surface area (Å²) in [5.41, 5.74) is 0.792. The fourth-order valence-electron chi connectivity index (χ4n) is 2.00. The molecule has 23 heavy (non-hydrogen) atoms. The molecule has 2 aromatic carbocycles. The van der Waals surface area contributed by atoms with E-state index in [9.17, 15) is 14.4 Å². The van der Waals surface area contributed by atoms with Crippen LogP contribution in [-0.2, 0) is 0 Å². The third-order valence-corrected chi connectivity index (χ3v) is 3.22. The number of methoxy groups -OCH3 is 2. The zero-order chi connectivity index (χ0) is 16.8. The third-order valence-electron chi connectivity index (χ3n) is 3.22. The molecule has 0 aromatic heterocycles.